The molecule has 1 aromatic rings. The predicted molar refractivity (Wildman–Crippen MR) is 80.1 cm³/mol. The Hall–Kier alpha value is -2.44. The summed E-state index contributed by atoms with van der Waals surface area (Å²) in [6, 6.07) is 2.83. The van der Waals surface area contributed by atoms with Gasteiger partial charge in [-0.05, 0) is 26.8 Å². The van der Waals surface area contributed by atoms with Crippen LogP contribution >= 0.6 is 0 Å². The number of nitro groups is 1. The van der Waals surface area contributed by atoms with Gasteiger partial charge in [-0.3, -0.25) is 14.9 Å². The number of hydrogen-bond acceptors (Lipinski definition) is 6. The lowest BCUT2D eigenvalue weighted by molar-refractivity contribution is -0.385. The largest absolute Gasteiger partial charge is 0.460 e. The molecule has 1 rings (SSSR count). The van der Waals surface area contributed by atoms with Gasteiger partial charge < -0.3 is 15.5 Å². The van der Waals surface area contributed by atoms with Crippen LogP contribution in [0.2, 0.25) is 0 Å². The van der Waals surface area contributed by atoms with E-state index in [2.05, 4.69) is 5.32 Å². The predicted octanol–water partition coefficient (Wildman–Crippen LogP) is 2.52. The molecule has 21 heavy (non-hydrogen) atoms. The maximum absolute atomic E-state index is 11.9. The van der Waals surface area contributed by atoms with Gasteiger partial charge >= 0.3 is 5.97 Å². The van der Waals surface area contributed by atoms with E-state index < -0.39 is 16.5 Å². The number of nitro benzene ring substituents is 1. The number of rotatable bonds is 5. The Bertz CT molecular complexity index is 576. The third-order valence-electron chi connectivity index (χ3n) is 2.68. The molecular formula is C14H19N3O4. The van der Waals surface area contributed by atoms with Crippen molar-refractivity contribution in [3.05, 3.63) is 33.4 Å². The average Bonchev–Trinajstić information content (AvgIpc) is 2.35. The molecule has 0 saturated carbocycles. The van der Waals surface area contributed by atoms with Crippen molar-refractivity contribution in [1.29, 1.82) is 5.41 Å². The number of esters is 1. The molecule has 0 atom stereocenters. The van der Waals surface area contributed by atoms with Gasteiger partial charge in [-0.1, -0.05) is 0 Å². The van der Waals surface area contributed by atoms with Gasteiger partial charge in [-0.25, -0.2) is 0 Å². The molecule has 0 aliphatic heterocycles. The number of hydrogen-bond donors (Lipinski definition) is 2. The molecule has 0 radical (unpaired) electrons. The fourth-order valence-corrected chi connectivity index (χ4v) is 1.91. The number of benzene rings is 1. The summed E-state index contributed by atoms with van der Waals surface area (Å²) in [7, 11) is 1.64. The standard InChI is InChI=1S/C14H19N3O4/c1-14(2,3)21-13(18)7-9-10(8-15)11(16-4)5-6-12(9)17(19)20/h5-6,8,15-16H,7H2,1-4H3. The third kappa shape index (κ3) is 4.27. The van der Waals surface area contributed by atoms with E-state index in [1.54, 1.807) is 27.8 Å². The van der Waals surface area contributed by atoms with Gasteiger partial charge in [0.2, 0.25) is 0 Å². The summed E-state index contributed by atoms with van der Waals surface area (Å²) < 4.78 is 5.19. The minimum Gasteiger partial charge on any atom is -0.460 e. The first-order valence-corrected chi connectivity index (χ1v) is 6.40. The second-order valence-electron chi connectivity index (χ2n) is 5.44. The molecule has 2 N–H and O–H groups in total. The molecule has 114 valence electrons. The summed E-state index contributed by atoms with van der Waals surface area (Å²) in [6.07, 6.45) is 0.742. The molecule has 0 fully saturated rings. The lowest BCUT2D eigenvalue weighted by Crippen LogP contribution is -2.25. The molecule has 0 spiro atoms. The number of carbonyl (C=O) groups is 1. The molecule has 0 aliphatic rings. The molecule has 0 bridgehead atoms. The zero-order valence-corrected chi connectivity index (χ0v) is 12.5. The van der Waals surface area contributed by atoms with Gasteiger partial charge in [0.25, 0.3) is 5.69 Å². The van der Waals surface area contributed by atoms with Crippen molar-refractivity contribution < 1.29 is 14.5 Å². The lowest BCUT2D eigenvalue weighted by atomic mass is 10.0. The second kappa shape index (κ2) is 6.34. The highest BCUT2D eigenvalue weighted by molar-refractivity contribution is 5.92. The molecule has 0 saturated heterocycles. The lowest BCUT2D eigenvalue weighted by Gasteiger charge is -2.20. The summed E-state index contributed by atoms with van der Waals surface area (Å²) in [6.45, 7) is 5.17. The Kier molecular flexibility index (Phi) is 5.02. The van der Waals surface area contributed by atoms with E-state index in [-0.39, 0.29) is 17.7 Å². The van der Waals surface area contributed by atoms with Crippen LogP contribution in [0.25, 0.3) is 0 Å². The van der Waals surface area contributed by atoms with Gasteiger partial charge in [-0.2, -0.15) is 0 Å². The Morgan fingerprint density at radius 3 is 2.52 bits per heavy atom. The van der Waals surface area contributed by atoms with Crippen molar-refractivity contribution in [2.45, 2.75) is 32.8 Å². The van der Waals surface area contributed by atoms with E-state index >= 15 is 0 Å². The van der Waals surface area contributed by atoms with Crippen molar-refractivity contribution in [1.82, 2.24) is 0 Å². The highest BCUT2D eigenvalue weighted by Gasteiger charge is 2.24. The molecule has 0 aliphatic carbocycles. The minimum atomic E-state index is -0.669. The summed E-state index contributed by atoms with van der Waals surface area (Å²) in [5.74, 6) is -0.568. The van der Waals surface area contributed by atoms with Crippen LogP contribution in [0.1, 0.15) is 31.9 Å². The Morgan fingerprint density at radius 1 is 1.48 bits per heavy atom. The number of ether oxygens (including phenoxy) is 1. The molecule has 0 amide bonds. The van der Waals surface area contributed by atoms with Crippen molar-refractivity contribution in [3.63, 3.8) is 0 Å². The van der Waals surface area contributed by atoms with Crippen molar-refractivity contribution in [2.24, 2.45) is 0 Å². The van der Waals surface area contributed by atoms with E-state index in [0.717, 1.165) is 6.21 Å². The Morgan fingerprint density at radius 2 is 2.10 bits per heavy atom. The number of nitrogens with zero attached hydrogens (tertiary/aromatic N) is 1. The minimum absolute atomic E-state index is 0.177. The molecule has 1 aromatic carbocycles. The topological polar surface area (TPSA) is 105 Å². The zero-order valence-electron chi connectivity index (χ0n) is 12.5. The molecular weight excluding hydrogens is 274 g/mol. The van der Waals surface area contributed by atoms with E-state index in [4.69, 9.17) is 10.1 Å². The zero-order chi connectivity index (χ0) is 16.2. The maximum atomic E-state index is 11.9. The summed E-state index contributed by atoms with van der Waals surface area (Å²) >= 11 is 0. The molecule has 0 unspecified atom stereocenters. The molecule has 0 aromatic heterocycles. The smallest absolute Gasteiger partial charge is 0.311 e. The maximum Gasteiger partial charge on any atom is 0.311 e. The van der Waals surface area contributed by atoms with Crippen molar-refractivity contribution in [3.8, 4) is 0 Å². The average molecular weight is 293 g/mol. The third-order valence-corrected chi connectivity index (χ3v) is 2.68. The van der Waals surface area contributed by atoms with Crippen LogP contribution in [0, 0.1) is 15.5 Å². The van der Waals surface area contributed by atoms with Crippen LogP contribution in [-0.4, -0.2) is 29.8 Å². The van der Waals surface area contributed by atoms with Crippen molar-refractivity contribution in [2.75, 3.05) is 12.4 Å². The van der Waals surface area contributed by atoms with Crippen LogP contribution in [0.4, 0.5) is 11.4 Å². The van der Waals surface area contributed by atoms with Gasteiger partial charge in [-0.15, -0.1) is 0 Å². The Labute approximate surface area is 123 Å². The molecule has 7 nitrogen and oxygen atoms in total. The quantitative estimate of drug-likeness (QED) is 0.375. The highest BCUT2D eigenvalue weighted by atomic mass is 16.6. The second-order valence-corrected chi connectivity index (χ2v) is 5.44. The molecule has 7 heteroatoms. The van der Waals surface area contributed by atoms with Crippen LogP contribution in [-0.2, 0) is 16.0 Å². The number of anilines is 1. The fourth-order valence-electron chi connectivity index (χ4n) is 1.91. The first-order chi connectivity index (χ1) is 9.69. The Balaban J connectivity index is 3.27. The fraction of sp³-hybridized carbons (Fsp3) is 0.429. The molecule has 0 heterocycles. The van der Waals surface area contributed by atoms with E-state index in [1.807, 2.05) is 0 Å². The van der Waals surface area contributed by atoms with Gasteiger partial charge in [0.1, 0.15) is 5.60 Å². The summed E-state index contributed by atoms with van der Waals surface area (Å²) in [5, 5.41) is 21.4. The van der Waals surface area contributed by atoms with E-state index in [0.29, 0.717) is 11.3 Å². The van der Waals surface area contributed by atoms with Gasteiger partial charge in [0.15, 0.2) is 0 Å². The number of carbonyl (C=O) groups excluding carboxylic acids is 1. The van der Waals surface area contributed by atoms with Gasteiger partial charge in [0, 0.05) is 30.6 Å². The summed E-state index contributed by atoms with van der Waals surface area (Å²) in [5.41, 5.74) is 0.179. The SMILES string of the molecule is CNc1ccc([N+](=O)[O-])c(CC(=O)OC(C)(C)C)c1C=N. The van der Waals surface area contributed by atoms with E-state index in [1.165, 1.54) is 12.1 Å². The van der Waals surface area contributed by atoms with Crippen molar-refractivity contribution >= 4 is 23.6 Å². The first kappa shape index (κ1) is 16.6. The number of nitrogens with one attached hydrogen (secondary N) is 2. The van der Waals surface area contributed by atoms with Crippen LogP contribution in [0.3, 0.4) is 0 Å². The van der Waals surface area contributed by atoms with E-state index in [9.17, 15) is 14.9 Å². The normalized spacial score (nSPS) is 10.9. The monoisotopic (exact) mass is 293 g/mol. The van der Waals surface area contributed by atoms with Crippen LogP contribution < -0.4 is 5.32 Å². The van der Waals surface area contributed by atoms with Crippen LogP contribution in [0.15, 0.2) is 12.1 Å². The summed E-state index contributed by atoms with van der Waals surface area (Å²) in [4.78, 5) is 22.5. The first-order valence-electron chi connectivity index (χ1n) is 6.40. The van der Waals surface area contributed by atoms with Gasteiger partial charge in [0.05, 0.1) is 16.9 Å². The highest BCUT2D eigenvalue weighted by Crippen LogP contribution is 2.28. The van der Waals surface area contributed by atoms with Crippen LogP contribution in [0.5, 0.6) is 0 Å².